The highest BCUT2D eigenvalue weighted by molar-refractivity contribution is 5.94. The third-order valence-electron chi connectivity index (χ3n) is 2.26. The number of carbonyl (C=O) groups excluding carboxylic acids is 1. The number of nitrogens with one attached hydrogen (secondary N) is 1. The Kier molecular flexibility index (Phi) is 4.82. The third-order valence-corrected chi connectivity index (χ3v) is 2.26. The van der Waals surface area contributed by atoms with E-state index in [0.717, 1.165) is 25.2 Å². The number of esters is 1. The fraction of sp³-hybridized carbons (Fsp3) is 0.636. The third kappa shape index (κ3) is 2.98. The minimum atomic E-state index is -0.324. The van der Waals surface area contributed by atoms with Crippen molar-refractivity contribution in [3.63, 3.8) is 0 Å². The molecule has 16 heavy (non-hydrogen) atoms. The molecule has 0 aliphatic rings. The van der Waals surface area contributed by atoms with Gasteiger partial charge in [0.15, 0.2) is 0 Å². The molecule has 0 bridgehead atoms. The fourth-order valence-corrected chi connectivity index (χ4v) is 1.39. The lowest BCUT2D eigenvalue weighted by molar-refractivity contribution is 0.0527. The van der Waals surface area contributed by atoms with Crippen LogP contribution in [0.4, 0.5) is 5.82 Å². The van der Waals surface area contributed by atoms with E-state index in [1.807, 2.05) is 0 Å². The van der Waals surface area contributed by atoms with Crippen molar-refractivity contribution in [2.45, 2.75) is 26.7 Å². The molecule has 90 valence electrons. The van der Waals surface area contributed by atoms with E-state index >= 15 is 0 Å². The molecule has 0 amide bonds. The Hall–Kier alpha value is -1.52. The van der Waals surface area contributed by atoms with Gasteiger partial charge >= 0.3 is 5.97 Å². The summed E-state index contributed by atoms with van der Waals surface area (Å²) in [4.78, 5) is 11.6. The number of hydrogen-bond acceptors (Lipinski definition) is 4. The molecule has 5 nitrogen and oxygen atoms in total. The smallest absolute Gasteiger partial charge is 0.343 e. The minimum absolute atomic E-state index is 0.324. The van der Waals surface area contributed by atoms with Crippen LogP contribution >= 0.6 is 0 Å². The molecular weight excluding hydrogens is 206 g/mol. The van der Waals surface area contributed by atoms with E-state index in [1.165, 1.54) is 6.20 Å². The molecule has 0 spiro atoms. The molecule has 0 aliphatic heterocycles. The summed E-state index contributed by atoms with van der Waals surface area (Å²) in [7, 11) is 1.80. The molecule has 1 rings (SSSR count). The van der Waals surface area contributed by atoms with Gasteiger partial charge in [-0.2, -0.15) is 5.10 Å². The van der Waals surface area contributed by atoms with Crippen molar-refractivity contribution in [3.8, 4) is 0 Å². The molecule has 0 aromatic carbocycles. The molecule has 0 unspecified atom stereocenters. The maximum Gasteiger partial charge on any atom is 0.343 e. The summed E-state index contributed by atoms with van der Waals surface area (Å²) in [6.07, 6.45) is 3.71. The van der Waals surface area contributed by atoms with E-state index in [1.54, 1.807) is 18.7 Å². The van der Waals surface area contributed by atoms with Gasteiger partial charge in [-0.1, -0.05) is 13.3 Å². The highest BCUT2D eigenvalue weighted by atomic mass is 16.5. The number of anilines is 1. The highest BCUT2D eigenvalue weighted by Gasteiger charge is 2.16. The molecule has 0 radical (unpaired) electrons. The largest absolute Gasteiger partial charge is 0.462 e. The van der Waals surface area contributed by atoms with Crippen LogP contribution in [0, 0.1) is 0 Å². The summed E-state index contributed by atoms with van der Waals surface area (Å²) >= 11 is 0. The number of nitrogens with zero attached hydrogens (tertiary/aromatic N) is 2. The zero-order chi connectivity index (χ0) is 12.0. The monoisotopic (exact) mass is 225 g/mol. The zero-order valence-corrected chi connectivity index (χ0v) is 10.1. The number of rotatable bonds is 6. The van der Waals surface area contributed by atoms with Crippen molar-refractivity contribution in [1.82, 2.24) is 9.78 Å². The van der Waals surface area contributed by atoms with Crippen LogP contribution < -0.4 is 5.32 Å². The van der Waals surface area contributed by atoms with Gasteiger partial charge in [-0.15, -0.1) is 0 Å². The first kappa shape index (κ1) is 12.5. The fourth-order valence-electron chi connectivity index (χ4n) is 1.39. The second-order valence-electron chi connectivity index (χ2n) is 3.53. The van der Waals surface area contributed by atoms with Gasteiger partial charge in [-0.3, -0.25) is 4.68 Å². The van der Waals surface area contributed by atoms with Gasteiger partial charge in [0.1, 0.15) is 11.4 Å². The summed E-state index contributed by atoms with van der Waals surface area (Å²) < 4.78 is 6.61. The summed E-state index contributed by atoms with van der Waals surface area (Å²) in [6, 6.07) is 0. The van der Waals surface area contributed by atoms with Crippen molar-refractivity contribution in [2.24, 2.45) is 7.05 Å². The van der Waals surface area contributed by atoms with E-state index in [0.29, 0.717) is 12.2 Å². The molecule has 0 fully saturated rings. The van der Waals surface area contributed by atoms with Crippen LogP contribution in [0.2, 0.25) is 0 Å². The Balaban J connectivity index is 2.73. The van der Waals surface area contributed by atoms with Gasteiger partial charge in [0.05, 0.1) is 12.8 Å². The van der Waals surface area contributed by atoms with E-state index < -0.39 is 0 Å². The van der Waals surface area contributed by atoms with Gasteiger partial charge in [0.25, 0.3) is 0 Å². The summed E-state index contributed by atoms with van der Waals surface area (Å²) in [5.41, 5.74) is 0.500. The van der Waals surface area contributed by atoms with Gasteiger partial charge in [0, 0.05) is 13.6 Å². The van der Waals surface area contributed by atoms with E-state index in [4.69, 9.17) is 4.74 Å². The molecular formula is C11H19N3O2. The Morgan fingerprint density at radius 1 is 1.56 bits per heavy atom. The van der Waals surface area contributed by atoms with Crippen LogP contribution in [0.15, 0.2) is 6.20 Å². The number of hydrogen-bond donors (Lipinski definition) is 1. The molecule has 0 saturated carbocycles. The summed E-state index contributed by atoms with van der Waals surface area (Å²) in [5, 5.41) is 7.25. The lowest BCUT2D eigenvalue weighted by Crippen LogP contribution is -2.11. The van der Waals surface area contributed by atoms with Crippen molar-refractivity contribution in [3.05, 3.63) is 11.8 Å². The van der Waals surface area contributed by atoms with Gasteiger partial charge in [-0.05, 0) is 13.3 Å². The number of aryl methyl sites for hydroxylation is 1. The van der Waals surface area contributed by atoms with Gasteiger partial charge < -0.3 is 10.1 Å². The summed E-state index contributed by atoms with van der Waals surface area (Å²) in [5.74, 6) is 0.404. The Labute approximate surface area is 95.8 Å². The number of aromatic nitrogens is 2. The highest BCUT2D eigenvalue weighted by Crippen LogP contribution is 2.15. The quantitative estimate of drug-likeness (QED) is 0.592. The number of ether oxygens (including phenoxy) is 1. The van der Waals surface area contributed by atoms with Crippen LogP contribution in [0.5, 0.6) is 0 Å². The normalized spacial score (nSPS) is 10.2. The number of carbonyl (C=O) groups is 1. The lowest BCUT2D eigenvalue weighted by Gasteiger charge is -2.08. The van der Waals surface area contributed by atoms with Crippen LogP contribution in [-0.4, -0.2) is 28.9 Å². The maximum absolute atomic E-state index is 11.6. The Morgan fingerprint density at radius 2 is 2.31 bits per heavy atom. The molecule has 0 atom stereocenters. The molecule has 1 N–H and O–H groups in total. The van der Waals surface area contributed by atoms with E-state index in [-0.39, 0.29) is 5.97 Å². The maximum atomic E-state index is 11.6. The standard InChI is InChI=1S/C11H19N3O2/c1-4-6-7-12-10-9(8-13-14(10)3)11(15)16-5-2/h8,12H,4-7H2,1-3H3. The second kappa shape index (κ2) is 6.15. The average molecular weight is 225 g/mol. The molecule has 1 heterocycles. The van der Waals surface area contributed by atoms with Crippen molar-refractivity contribution in [1.29, 1.82) is 0 Å². The number of unbranched alkanes of at least 4 members (excludes halogenated alkanes) is 1. The first-order chi connectivity index (χ1) is 7.70. The molecule has 1 aromatic heterocycles. The van der Waals surface area contributed by atoms with E-state index in [9.17, 15) is 4.79 Å². The second-order valence-corrected chi connectivity index (χ2v) is 3.53. The average Bonchev–Trinajstić information content (AvgIpc) is 2.61. The van der Waals surface area contributed by atoms with Gasteiger partial charge in [0.2, 0.25) is 0 Å². The molecule has 5 heteroatoms. The van der Waals surface area contributed by atoms with E-state index in [2.05, 4.69) is 17.3 Å². The molecule has 1 aromatic rings. The predicted molar refractivity (Wildman–Crippen MR) is 62.6 cm³/mol. The van der Waals surface area contributed by atoms with Crippen molar-refractivity contribution >= 4 is 11.8 Å². The summed E-state index contributed by atoms with van der Waals surface area (Å²) in [6.45, 7) is 5.13. The van der Waals surface area contributed by atoms with Crippen LogP contribution in [0.25, 0.3) is 0 Å². The first-order valence-corrected chi connectivity index (χ1v) is 5.63. The van der Waals surface area contributed by atoms with Crippen LogP contribution in [0.1, 0.15) is 37.0 Å². The Morgan fingerprint density at radius 3 is 2.94 bits per heavy atom. The molecule has 0 saturated heterocycles. The minimum Gasteiger partial charge on any atom is -0.462 e. The van der Waals surface area contributed by atoms with Crippen molar-refractivity contribution in [2.75, 3.05) is 18.5 Å². The zero-order valence-electron chi connectivity index (χ0n) is 10.1. The SMILES string of the molecule is CCCCNc1c(C(=O)OCC)cnn1C. The Bertz CT molecular complexity index is 347. The lowest BCUT2D eigenvalue weighted by atomic mass is 10.3. The first-order valence-electron chi connectivity index (χ1n) is 5.63. The van der Waals surface area contributed by atoms with Gasteiger partial charge in [-0.25, -0.2) is 4.79 Å². The van der Waals surface area contributed by atoms with Crippen molar-refractivity contribution < 1.29 is 9.53 Å². The molecule has 0 aliphatic carbocycles. The topological polar surface area (TPSA) is 56.1 Å². The van der Waals surface area contributed by atoms with Crippen LogP contribution in [-0.2, 0) is 11.8 Å². The predicted octanol–water partition coefficient (Wildman–Crippen LogP) is 1.81. The van der Waals surface area contributed by atoms with Crippen LogP contribution in [0.3, 0.4) is 0 Å².